The van der Waals surface area contributed by atoms with E-state index in [0.717, 1.165) is 21.3 Å². The van der Waals surface area contributed by atoms with E-state index in [1.54, 1.807) is 11.8 Å². The van der Waals surface area contributed by atoms with Gasteiger partial charge in [0.1, 0.15) is 0 Å². The average molecular weight is 386 g/mol. The van der Waals surface area contributed by atoms with E-state index in [-0.39, 0.29) is 5.91 Å². The van der Waals surface area contributed by atoms with E-state index in [1.165, 1.54) is 10.9 Å². The molecule has 0 radical (unpaired) electrons. The standard InChI is InChI=1S/C19H16BrNOS/c20-18-8-4-3-7-16(18)12-23-13-19(22)21-17-10-9-14-5-1-2-6-15(14)11-17/h1-11H,12-13H2,(H,21,22). The second-order valence-corrected chi connectivity index (χ2v) is 7.03. The summed E-state index contributed by atoms with van der Waals surface area (Å²) in [6, 6.07) is 22.2. The molecule has 0 unspecified atom stereocenters. The highest BCUT2D eigenvalue weighted by atomic mass is 79.9. The van der Waals surface area contributed by atoms with Crippen molar-refractivity contribution in [3.63, 3.8) is 0 Å². The molecule has 0 aliphatic heterocycles. The summed E-state index contributed by atoms with van der Waals surface area (Å²) in [5.74, 6) is 1.28. The molecule has 1 N–H and O–H groups in total. The second-order valence-electron chi connectivity index (χ2n) is 5.19. The largest absolute Gasteiger partial charge is 0.325 e. The monoisotopic (exact) mass is 385 g/mol. The predicted octanol–water partition coefficient (Wildman–Crippen LogP) is 5.47. The molecule has 0 aliphatic rings. The van der Waals surface area contributed by atoms with Gasteiger partial charge in [-0.05, 0) is 34.5 Å². The summed E-state index contributed by atoms with van der Waals surface area (Å²) in [7, 11) is 0. The van der Waals surface area contributed by atoms with Crippen LogP contribution in [0.1, 0.15) is 5.56 Å². The molecule has 23 heavy (non-hydrogen) atoms. The van der Waals surface area contributed by atoms with Gasteiger partial charge < -0.3 is 5.32 Å². The number of carbonyl (C=O) groups excluding carboxylic acids is 1. The van der Waals surface area contributed by atoms with Crippen molar-refractivity contribution in [2.24, 2.45) is 0 Å². The Morgan fingerprint density at radius 3 is 2.52 bits per heavy atom. The molecule has 0 aliphatic carbocycles. The zero-order valence-corrected chi connectivity index (χ0v) is 14.9. The van der Waals surface area contributed by atoms with Crippen LogP contribution in [0.4, 0.5) is 5.69 Å². The first-order valence-electron chi connectivity index (χ1n) is 7.32. The minimum absolute atomic E-state index is 0.0253. The first-order chi connectivity index (χ1) is 11.2. The maximum atomic E-state index is 12.1. The first kappa shape index (κ1) is 16.1. The van der Waals surface area contributed by atoms with Crippen LogP contribution in [0.2, 0.25) is 0 Å². The van der Waals surface area contributed by atoms with Gasteiger partial charge in [0, 0.05) is 15.9 Å². The summed E-state index contributed by atoms with van der Waals surface area (Å²) < 4.78 is 1.09. The molecular formula is C19H16BrNOS. The Balaban J connectivity index is 1.55. The third-order valence-electron chi connectivity index (χ3n) is 3.48. The molecule has 2 nitrogen and oxygen atoms in total. The van der Waals surface area contributed by atoms with Crippen molar-refractivity contribution in [1.82, 2.24) is 0 Å². The SMILES string of the molecule is O=C(CSCc1ccccc1Br)Nc1ccc2ccccc2c1. The molecule has 0 heterocycles. The lowest BCUT2D eigenvalue weighted by molar-refractivity contribution is -0.113. The van der Waals surface area contributed by atoms with E-state index in [0.29, 0.717) is 5.75 Å². The van der Waals surface area contributed by atoms with E-state index < -0.39 is 0 Å². The van der Waals surface area contributed by atoms with Crippen molar-refractivity contribution >= 4 is 50.1 Å². The Hall–Kier alpha value is -1.78. The van der Waals surface area contributed by atoms with Crippen LogP contribution in [0, 0.1) is 0 Å². The highest BCUT2D eigenvalue weighted by Crippen LogP contribution is 2.22. The molecule has 0 saturated carbocycles. The molecule has 0 bridgehead atoms. The van der Waals surface area contributed by atoms with Crippen molar-refractivity contribution in [2.75, 3.05) is 11.1 Å². The molecule has 0 spiro atoms. The summed E-state index contributed by atoms with van der Waals surface area (Å²) in [4.78, 5) is 12.1. The number of fused-ring (bicyclic) bond motifs is 1. The maximum Gasteiger partial charge on any atom is 0.234 e. The Labute approximate surface area is 148 Å². The molecule has 0 aromatic heterocycles. The molecule has 0 saturated heterocycles. The van der Waals surface area contributed by atoms with Gasteiger partial charge >= 0.3 is 0 Å². The van der Waals surface area contributed by atoms with Gasteiger partial charge in [-0.1, -0.05) is 64.5 Å². The highest BCUT2D eigenvalue weighted by molar-refractivity contribution is 9.10. The Morgan fingerprint density at radius 2 is 1.70 bits per heavy atom. The van der Waals surface area contributed by atoms with Gasteiger partial charge in [-0.15, -0.1) is 11.8 Å². The van der Waals surface area contributed by atoms with Crippen molar-refractivity contribution in [3.8, 4) is 0 Å². The summed E-state index contributed by atoms with van der Waals surface area (Å²) in [6.45, 7) is 0. The zero-order valence-electron chi connectivity index (χ0n) is 12.5. The molecule has 0 fully saturated rings. The number of nitrogens with one attached hydrogen (secondary N) is 1. The van der Waals surface area contributed by atoms with Gasteiger partial charge in [0.2, 0.25) is 5.91 Å². The van der Waals surface area contributed by atoms with Crippen LogP contribution in [0.25, 0.3) is 10.8 Å². The normalized spacial score (nSPS) is 10.7. The van der Waals surface area contributed by atoms with Crippen molar-refractivity contribution in [2.45, 2.75) is 5.75 Å². The van der Waals surface area contributed by atoms with Crippen LogP contribution in [-0.4, -0.2) is 11.7 Å². The summed E-state index contributed by atoms with van der Waals surface area (Å²) >= 11 is 5.14. The van der Waals surface area contributed by atoms with Gasteiger partial charge in [0.05, 0.1) is 5.75 Å². The van der Waals surface area contributed by atoms with E-state index in [1.807, 2.05) is 54.6 Å². The average Bonchev–Trinajstić information content (AvgIpc) is 2.56. The topological polar surface area (TPSA) is 29.1 Å². The molecular weight excluding hydrogens is 370 g/mol. The van der Waals surface area contributed by atoms with E-state index in [4.69, 9.17) is 0 Å². The predicted molar refractivity (Wildman–Crippen MR) is 103 cm³/mol. The van der Waals surface area contributed by atoms with Gasteiger partial charge in [-0.25, -0.2) is 0 Å². The third kappa shape index (κ3) is 4.36. The number of hydrogen-bond donors (Lipinski definition) is 1. The molecule has 4 heteroatoms. The lowest BCUT2D eigenvalue weighted by atomic mass is 10.1. The quantitative estimate of drug-likeness (QED) is 0.630. The molecule has 116 valence electrons. The van der Waals surface area contributed by atoms with Crippen LogP contribution >= 0.6 is 27.7 Å². The number of benzene rings is 3. The fraction of sp³-hybridized carbons (Fsp3) is 0.105. The van der Waals surface area contributed by atoms with Gasteiger partial charge in [-0.3, -0.25) is 4.79 Å². The van der Waals surface area contributed by atoms with E-state index in [2.05, 4.69) is 33.4 Å². The maximum absolute atomic E-state index is 12.1. The number of carbonyl (C=O) groups is 1. The van der Waals surface area contributed by atoms with Crippen LogP contribution < -0.4 is 5.32 Å². The van der Waals surface area contributed by atoms with Crippen molar-refractivity contribution in [3.05, 3.63) is 76.8 Å². The number of anilines is 1. The Kier molecular flexibility index (Phi) is 5.36. The molecule has 0 atom stereocenters. The van der Waals surface area contributed by atoms with Crippen LogP contribution in [0.15, 0.2) is 71.2 Å². The van der Waals surface area contributed by atoms with Gasteiger partial charge in [-0.2, -0.15) is 0 Å². The van der Waals surface area contributed by atoms with Crippen LogP contribution in [0.5, 0.6) is 0 Å². The number of rotatable bonds is 5. The van der Waals surface area contributed by atoms with Gasteiger partial charge in [0.15, 0.2) is 0 Å². The van der Waals surface area contributed by atoms with Crippen LogP contribution in [-0.2, 0) is 10.5 Å². The molecule has 1 amide bonds. The molecule has 3 aromatic rings. The van der Waals surface area contributed by atoms with Crippen molar-refractivity contribution in [1.29, 1.82) is 0 Å². The summed E-state index contributed by atoms with van der Waals surface area (Å²) in [5.41, 5.74) is 2.05. The Morgan fingerprint density at radius 1 is 0.957 bits per heavy atom. The van der Waals surface area contributed by atoms with E-state index >= 15 is 0 Å². The second kappa shape index (κ2) is 7.66. The number of thioether (sulfide) groups is 1. The minimum Gasteiger partial charge on any atom is -0.325 e. The van der Waals surface area contributed by atoms with E-state index in [9.17, 15) is 4.79 Å². The molecule has 3 aromatic carbocycles. The van der Waals surface area contributed by atoms with Crippen LogP contribution in [0.3, 0.4) is 0 Å². The fourth-order valence-corrected chi connectivity index (χ4v) is 3.78. The lowest BCUT2D eigenvalue weighted by Crippen LogP contribution is -2.14. The molecule has 3 rings (SSSR count). The lowest BCUT2D eigenvalue weighted by Gasteiger charge is -2.07. The fourth-order valence-electron chi connectivity index (χ4n) is 2.33. The van der Waals surface area contributed by atoms with Gasteiger partial charge in [0.25, 0.3) is 0 Å². The smallest absolute Gasteiger partial charge is 0.234 e. The minimum atomic E-state index is 0.0253. The zero-order chi connectivity index (χ0) is 16.1. The van der Waals surface area contributed by atoms with Crippen molar-refractivity contribution < 1.29 is 4.79 Å². The summed E-state index contributed by atoms with van der Waals surface area (Å²) in [6.07, 6.45) is 0. The number of hydrogen-bond acceptors (Lipinski definition) is 2. The number of halogens is 1. The highest BCUT2D eigenvalue weighted by Gasteiger charge is 2.05. The Bertz CT molecular complexity index is 834. The third-order valence-corrected chi connectivity index (χ3v) is 5.24. The summed E-state index contributed by atoms with van der Waals surface area (Å²) in [5, 5.41) is 5.27. The number of amides is 1. The first-order valence-corrected chi connectivity index (χ1v) is 9.27.